The number of rotatable bonds is 22. The van der Waals surface area contributed by atoms with Crippen LogP contribution in [0.2, 0.25) is 0 Å². The van der Waals surface area contributed by atoms with Gasteiger partial charge in [-0.05, 0) is 210 Å². The van der Waals surface area contributed by atoms with E-state index >= 15 is 0 Å². The van der Waals surface area contributed by atoms with Crippen LogP contribution in [0.1, 0.15) is 184 Å². The second-order valence-electron chi connectivity index (χ2n) is 33.5. The molecule has 5 saturated heterocycles. The number of benzene rings is 4. The van der Waals surface area contributed by atoms with Crippen molar-refractivity contribution >= 4 is 76.1 Å². The largest absolute Gasteiger partial charge is 0.453 e. The first-order valence-corrected chi connectivity index (χ1v) is 41.9. The number of fused-ring (bicyclic) bond motifs is 2. The first-order chi connectivity index (χ1) is 56.1. The van der Waals surface area contributed by atoms with Gasteiger partial charge < -0.3 is 69.5 Å². The normalized spacial score (nSPS) is 21.9. The number of methoxy groups -OCH3 is 4. The predicted molar refractivity (Wildman–Crippen MR) is 447 cm³/mol. The average molecular weight is 1580 g/mol. The third-order valence-electron chi connectivity index (χ3n) is 25.5. The van der Waals surface area contributed by atoms with Gasteiger partial charge in [-0.2, -0.15) is 0 Å². The molecule has 24 heteroatoms. The van der Waals surface area contributed by atoms with Gasteiger partial charge >= 0.3 is 24.4 Å². The number of aromatic amines is 1. The Morgan fingerprint density at radius 1 is 0.405 bits per heavy atom. The van der Waals surface area contributed by atoms with Crippen molar-refractivity contribution in [2.45, 2.75) is 205 Å². The number of alkyl carbamates (subject to hydrolysis) is 4. The van der Waals surface area contributed by atoms with Crippen LogP contribution in [-0.4, -0.2) is 194 Å². The summed E-state index contributed by atoms with van der Waals surface area (Å²) in [5.74, 6) is -0.573. The van der Waals surface area contributed by atoms with E-state index in [4.69, 9.17) is 33.7 Å². The van der Waals surface area contributed by atoms with Crippen LogP contribution >= 0.6 is 0 Å². The molecule has 3 aliphatic carbocycles. The highest BCUT2D eigenvalue weighted by atomic mass is 16.6. The van der Waals surface area contributed by atoms with Crippen molar-refractivity contribution in [3.8, 4) is 33.5 Å². The molecule has 15 rings (SSSR count). The molecule has 4 aromatic carbocycles. The molecule has 0 spiro atoms. The molecule has 0 radical (unpaired) electrons. The number of amides is 8. The molecule has 24 nitrogen and oxygen atoms in total. The van der Waals surface area contributed by atoms with Crippen LogP contribution in [0, 0.1) is 23.7 Å². The molecule has 5 N–H and O–H groups in total. The minimum atomic E-state index is -0.655. The highest BCUT2D eigenvalue weighted by Gasteiger charge is 2.46. The molecule has 1 saturated carbocycles. The van der Waals surface area contributed by atoms with Gasteiger partial charge in [0.15, 0.2) is 0 Å². The summed E-state index contributed by atoms with van der Waals surface area (Å²) in [7, 11) is 5.26. The quantitative estimate of drug-likeness (QED) is 0.0404. The van der Waals surface area contributed by atoms with E-state index in [1.165, 1.54) is 67.4 Å². The number of H-pyrrole nitrogens is 1. The number of carbonyl (C=O) groups is 8. The van der Waals surface area contributed by atoms with Crippen LogP contribution in [0.5, 0.6) is 0 Å². The zero-order valence-corrected chi connectivity index (χ0v) is 68.8. The minimum Gasteiger partial charge on any atom is -0.453 e. The SMILES string of the molecule is COC(=O)NC(C(=O)N1CCCC1C1=C2CCCC2=C(c2ccc(-c3ccc(C4=CN=C([C@@H]5CCCN5C(=O)[C@@H](NC(=O)OC)C(C)C)C4)cc3)cc2)C1)C1CCOC1.COC(=O)N[C@H](C(=O)N1CCCC1C1=NC=C(c2ccc(-c3ccc(-c4[nH]c([C@@H]5CCCN5C(=O)[C@@H](NC(=O)OC)C(C)C)c5c4CCC5)cc3)cc2)C1)C(C)C. The van der Waals surface area contributed by atoms with Gasteiger partial charge in [0.2, 0.25) is 23.6 Å². The van der Waals surface area contributed by atoms with Crippen molar-refractivity contribution in [3.63, 3.8) is 0 Å². The molecule has 0 bridgehead atoms. The van der Waals surface area contributed by atoms with E-state index in [1.807, 2.05) is 73.5 Å². The van der Waals surface area contributed by atoms with Gasteiger partial charge in [0.25, 0.3) is 0 Å². The lowest BCUT2D eigenvalue weighted by molar-refractivity contribution is -0.136. The van der Waals surface area contributed by atoms with E-state index < -0.39 is 48.5 Å². The molecule has 8 amide bonds. The number of aromatic nitrogens is 1. The molecular weight excluding hydrogens is 1470 g/mol. The molecule has 10 aliphatic rings. The fourth-order valence-electron chi connectivity index (χ4n) is 19.3. The van der Waals surface area contributed by atoms with Crippen LogP contribution in [0.25, 0.3) is 50.2 Å². The third kappa shape index (κ3) is 17.3. The highest BCUT2D eigenvalue weighted by Crippen LogP contribution is 2.51. The van der Waals surface area contributed by atoms with Gasteiger partial charge in [-0.25, -0.2) is 19.2 Å². The van der Waals surface area contributed by atoms with E-state index in [0.29, 0.717) is 52.2 Å². The second-order valence-corrected chi connectivity index (χ2v) is 33.5. The van der Waals surface area contributed by atoms with Crippen LogP contribution < -0.4 is 21.3 Å². The Balaban J connectivity index is 0.000000191. The Morgan fingerprint density at radius 3 is 1.22 bits per heavy atom. The van der Waals surface area contributed by atoms with E-state index in [0.717, 1.165) is 176 Å². The van der Waals surface area contributed by atoms with Crippen molar-refractivity contribution < 1.29 is 62.0 Å². The van der Waals surface area contributed by atoms with Gasteiger partial charge in [0.1, 0.15) is 24.2 Å². The molecule has 7 aliphatic heterocycles. The summed E-state index contributed by atoms with van der Waals surface area (Å²) < 4.78 is 24.9. The van der Waals surface area contributed by atoms with E-state index in [2.05, 4.69) is 123 Å². The molecule has 4 unspecified atom stereocenters. The van der Waals surface area contributed by atoms with Crippen LogP contribution in [0.3, 0.4) is 0 Å². The molecule has 8 heterocycles. The topological polar surface area (TPSA) is 284 Å². The zero-order valence-electron chi connectivity index (χ0n) is 68.8. The fourth-order valence-corrected chi connectivity index (χ4v) is 19.3. The Bertz CT molecular complexity index is 4720. The maximum atomic E-state index is 14.2. The van der Waals surface area contributed by atoms with Crippen molar-refractivity contribution in [1.29, 1.82) is 0 Å². The first kappa shape index (κ1) is 81.9. The summed E-state index contributed by atoms with van der Waals surface area (Å²) in [6, 6.07) is 32.0. The molecule has 5 aromatic rings. The Labute approximate surface area is 680 Å². The number of nitrogens with zero attached hydrogens (tertiary/aromatic N) is 6. The summed E-state index contributed by atoms with van der Waals surface area (Å²) in [5, 5.41) is 11.1. The van der Waals surface area contributed by atoms with Crippen LogP contribution in [0.15, 0.2) is 136 Å². The highest BCUT2D eigenvalue weighted by molar-refractivity contribution is 6.05. The van der Waals surface area contributed by atoms with Gasteiger partial charge in [-0.1, -0.05) is 139 Å². The van der Waals surface area contributed by atoms with E-state index in [1.54, 1.807) is 0 Å². The summed E-state index contributed by atoms with van der Waals surface area (Å²) >= 11 is 0. The maximum Gasteiger partial charge on any atom is 0.407 e. The first-order valence-electron chi connectivity index (χ1n) is 41.9. The Morgan fingerprint density at radius 2 is 0.784 bits per heavy atom. The lowest BCUT2D eigenvalue weighted by atomic mass is 9.93. The lowest BCUT2D eigenvalue weighted by Gasteiger charge is -2.32. The van der Waals surface area contributed by atoms with Crippen molar-refractivity contribution in [2.24, 2.45) is 33.7 Å². The van der Waals surface area contributed by atoms with Crippen LogP contribution in [0.4, 0.5) is 19.2 Å². The standard InChI is InChI=1S/C47H57N5O7.C45H56N6O6/c1-28(2)42(49-46(55)57-3)44(53)52-22-7-11-41(52)39-24-34(26-48-39)31-14-12-29(13-15-31)30-16-18-32(19-17-30)37-25-38(36-9-5-8-35(36)37)40-10-6-21-51(40)45(54)43(50-47(56)58-4)33-20-23-59-27-33;1-26(2)38(48-44(54)56-5)42(52)50-22-8-12-36(50)35-24-32(25-46-35)30-16-14-28(15-17-30)29-18-20-31(21-19-29)40-33-10-7-11-34(33)41(47-40)37-13-9-23-51(37)43(53)39(27(3)4)49-45(55)57-6/h12-19,26,28,33,40-43H,5-11,20-25,27H2,1-4H3,(H,49,55)(H,50,56);14-21,25-27,36-39,47H,7-13,22-24H2,1-6H3,(H,48,54)(H,49,55)/t33?,40?,41-,42-,43?;36?,37-,38-,39-/m00/s1. The number of carbonyl (C=O) groups excluding carboxylic acids is 8. The monoisotopic (exact) mass is 1580 g/mol. The zero-order chi connectivity index (χ0) is 81.6. The Kier molecular flexibility index (Phi) is 25.6. The number of likely N-dealkylation sites (tertiary alicyclic amines) is 4. The summed E-state index contributed by atoms with van der Waals surface area (Å²) in [6.07, 6.45) is 17.9. The van der Waals surface area contributed by atoms with Crippen molar-refractivity contribution in [3.05, 3.63) is 160 Å². The van der Waals surface area contributed by atoms with Gasteiger partial charge in [-0.3, -0.25) is 29.2 Å². The number of hydrogen-bond donors (Lipinski definition) is 5. The smallest absolute Gasteiger partial charge is 0.407 e. The van der Waals surface area contributed by atoms with Crippen molar-refractivity contribution in [2.75, 3.05) is 67.8 Å². The van der Waals surface area contributed by atoms with Crippen molar-refractivity contribution in [1.82, 2.24) is 45.9 Å². The fraction of sp³-hybridized carbons (Fsp3) is 0.500. The summed E-state index contributed by atoms with van der Waals surface area (Å²) in [5.41, 5.74) is 24.0. The molecule has 116 heavy (non-hydrogen) atoms. The number of nitrogens with one attached hydrogen (secondary N) is 5. The molecule has 1 aromatic heterocycles. The summed E-state index contributed by atoms with van der Waals surface area (Å²) in [6.45, 7) is 15.3. The molecule has 6 fully saturated rings. The van der Waals surface area contributed by atoms with E-state index in [-0.39, 0.29) is 71.5 Å². The van der Waals surface area contributed by atoms with Gasteiger partial charge in [0, 0.05) is 86.8 Å². The minimum absolute atomic E-state index is 0.0272. The molecule has 9 atom stereocenters. The number of allylic oxidation sites excluding steroid dienone is 5. The molecule has 614 valence electrons. The van der Waals surface area contributed by atoms with Gasteiger partial charge in [-0.15, -0.1) is 0 Å². The Hall–Kier alpha value is -10.6. The van der Waals surface area contributed by atoms with Gasteiger partial charge in [0.05, 0.1) is 59.2 Å². The number of ether oxygens (including phenoxy) is 5. The second kappa shape index (κ2) is 36.3. The number of aliphatic imine (C=N–C) groups is 2. The lowest BCUT2D eigenvalue weighted by Crippen LogP contribution is -2.54. The third-order valence-corrected chi connectivity index (χ3v) is 25.5. The maximum absolute atomic E-state index is 14.2. The van der Waals surface area contributed by atoms with Crippen LogP contribution in [-0.2, 0) is 55.7 Å². The number of hydrogen-bond acceptors (Lipinski definition) is 15. The molecular formula is C92H113N11O13. The predicted octanol–water partition coefficient (Wildman–Crippen LogP) is 14.7. The van der Waals surface area contributed by atoms with E-state index in [9.17, 15) is 38.4 Å². The summed E-state index contributed by atoms with van der Waals surface area (Å²) in [4.78, 5) is 125. The average Bonchev–Trinajstić information content (AvgIpc) is 1.61.